The number of fused-ring (bicyclic) bond motifs is 3. The first-order valence-corrected chi connectivity index (χ1v) is 8.76. The van der Waals surface area contributed by atoms with E-state index in [1.807, 2.05) is 13.8 Å². The van der Waals surface area contributed by atoms with Gasteiger partial charge in [-0.05, 0) is 42.4 Å². The standard InChI is InChI=1S/C18H27NO7/c1-9(2)4-10-8-19-13(7-14(10)20)11-5-16(26-3)15(21)6-12(11)17(22,23)18(19,24)25/h5-6,9-10,13-14,20-25H,4,7-8H2,1-3H3. The molecule has 0 aromatic heterocycles. The molecular weight excluding hydrogens is 342 g/mol. The molecule has 3 atom stereocenters. The zero-order valence-electron chi connectivity index (χ0n) is 15.1. The predicted octanol–water partition coefficient (Wildman–Crippen LogP) is -0.0398. The molecule has 0 aliphatic carbocycles. The smallest absolute Gasteiger partial charge is 0.287 e. The summed E-state index contributed by atoms with van der Waals surface area (Å²) in [4.78, 5) is 1.20. The fraction of sp³-hybridized carbons (Fsp3) is 0.667. The number of aliphatic hydroxyl groups excluding tert-OH is 1. The van der Waals surface area contributed by atoms with E-state index in [1.54, 1.807) is 0 Å². The van der Waals surface area contributed by atoms with Gasteiger partial charge in [-0.3, -0.25) is 0 Å². The van der Waals surface area contributed by atoms with Crippen LogP contribution in [-0.4, -0.2) is 61.2 Å². The zero-order valence-corrected chi connectivity index (χ0v) is 15.1. The molecule has 2 aliphatic rings. The van der Waals surface area contributed by atoms with Crippen LogP contribution in [0.3, 0.4) is 0 Å². The summed E-state index contributed by atoms with van der Waals surface area (Å²) in [6.45, 7) is 4.10. The number of methoxy groups -OCH3 is 1. The molecule has 1 saturated heterocycles. The van der Waals surface area contributed by atoms with Crippen LogP contribution in [0.1, 0.15) is 43.9 Å². The van der Waals surface area contributed by atoms with Gasteiger partial charge in [0.1, 0.15) is 0 Å². The molecule has 1 aromatic rings. The molecule has 1 aromatic carbocycles. The number of phenols is 1. The van der Waals surface area contributed by atoms with Crippen molar-refractivity contribution in [2.45, 2.75) is 50.5 Å². The Morgan fingerprint density at radius 2 is 1.88 bits per heavy atom. The van der Waals surface area contributed by atoms with Crippen LogP contribution in [0, 0.1) is 11.8 Å². The number of ether oxygens (including phenoxy) is 1. The molecule has 0 saturated carbocycles. The second-order valence-corrected chi connectivity index (χ2v) is 7.78. The number of phenolic OH excluding ortho intramolecular Hbond substituents is 1. The number of benzene rings is 1. The highest BCUT2D eigenvalue weighted by molar-refractivity contribution is 5.51. The summed E-state index contributed by atoms with van der Waals surface area (Å²) >= 11 is 0. The van der Waals surface area contributed by atoms with Crippen LogP contribution < -0.4 is 4.74 Å². The topological polar surface area (TPSA) is 134 Å². The van der Waals surface area contributed by atoms with E-state index < -0.39 is 23.8 Å². The molecule has 8 nitrogen and oxygen atoms in total. The third-order valence-electron chi connectivity index (χ3n) is 5.54. The minimum absolute atomic E-state index is 0.0858. The molecule has 0 radical (unpaired) electrons. The second-order valence-electron chi connectivity index (χ2n) is 7.78. The van der Waals surface area contributed by atoms with Gasteiger partial charge in [-0.1, -0.05) is 13.8 Å². The van der Waals surface area contributed by atoms with E-state index in [-0.39, 0.29) is 35.9 Å². The SMILES string of the molecule is COc1cc2c(cc1O)C(O)(O)C(O)(O)N1CC(CC(C)C)C(O)CC21. The first-order valence-electron chi connectivity index (χ1n) is 8.76. The van der Waals surface area contributed by atoms with Gasteiger partial charge in [0.15, 0.2) is 11.5 Å². The summed E-state index contributed by atoms with van der Waals surface area (Å²) in [5.74, 6) is -6.16. The monoisotopic (exact) mass is 369 g/mol. The number of aromatic hydroxyl groups is 1. The fourth-order valence-electron chi connectivity index (χ4n) is 4.23. The van der Waals surface area contributed by atoms with Crippen molar-refractivity contribution in [1.82, 2.24) is 4.90 Å². The van der Waals surface area contributed by atoms with Crippen molar-refractivity contribution in [3.8, 4) is 11.5 Å². The van der Waals surface area contributed by atoms with E-state index in [9.17, 15) is 30.6 Å². The van der Waals surface area contributed by atoms with Gasteiger partial charge in [-0.15, -0.1) is 0 Å². The second kappa shape index (κ2) is 6.33. The Kier molecular flexibility index (Phi) is 4.71. The molecule has 0 spiro atoms. The van der Waals surface area contributed by atoms with Crippen LogP contribution >= 0.6 is 0 Å². The molecule has 0 bridgehead atoms. The minimum atomic E-state index is -3.02. The molecule has 8 heteroatoms. The van der Waals surface area contributed by atoms with Gasteiger partial charge in [0.2, 0.25) is 0 Å². The molecule has 2 heterocycles. The summed E-state index contributed by atoms with van der Waals surface area (Å²) in [6.07, 6.45) is 0.180. The van der Waals surface area contributed by atoms with Crippen LogP contribution in [0.25, 0.3) is 0 Å². The summed E-state index contributed by atoms with van der Waals surface area (Å²) in [7, 11) is 1.37. The van der Waals surface area contributed by atoms with Gasteiger partial charge < -0.3 is 35.4 Å². The van der Waals surface area contributed by atoms with Gasteiger partial charge in [0, 0.05) is 18.2 Å². The molecule has 3 unspecified atom stereocenters. The molecule has 146 valence electrons. The first-order chi connectivity index (χ1) is 12.0. The summed E-state index contributed by atoms with van der Waals surface area (Å²) in [6, 6.07) is 1.83. The van der Waals surface area contributed by atoms with Crippen molar-refractivity contribution in [2.75, 3.05) is 13.7 Å². The summed E-state index contributed by atoms with van der Waals surface area (Å²) in [5.41, 5.74) is 0.141. The summed E-state index contributed by atoms with van der Waals surface area (Å²) in [5, 5.41) is 62.8. The van der Waals surface area contributed by atoms with Crippen molar-refractivity contribution in [2.24, 2.45) is 11.8 Å². The predicted molar refractivity (Wildman–Crippen MR) is 91.0 cm³/mol. The lowest BCUT2D eigenvalue weighted by Gasteiger charge is -2.55. The molecule has 0 amide bonds. The van der Waals surface area contributed by atoms with Crippen molar-refractivity contribution >= 4 is 0 Å². The highest BCUT2D eigenvalue weighted by atomic mass is 16.6. The quantitative estimate of drug-likeness (QED) is 0.409. The van der Waals surface area contributed by atoms with Crippen molar-refractivity contribution < 1.29 is 35.4 Å². The Balaban J connectivity index is 2.11. The van der Waals surface area contributed by atoms with E-state index in [0.29, 0.717) is 17.9 Å². The van der Waals surface area contributed by atoms with E-state index >= 15 is 0 Å². The largest absolute Gasteiger partial charge is 0.504 e. The van der Waals surface area contributed by atoms with Crippen LogP contribution in [0.2, 0.25) is 0 Å². The molecule has 2 aliphatic heterocycles. The van der Waals surface area contributed by atoms with Crippen molar-refractivity contribution in [3.63, 3.8) is 0 Å². The van der Waals surface area contributed by atoms with Gasteiger partial charge in [0.25, 0.3) is 11.7 Å². The Hall–Kier alpha value is -1.42. The maximum atomic E-state index is 10.6. The Morgan fingerprint density at radius 1 is 1.23 bits per heavy atom. The lowest BCUT2D eigenvalue weighted by Crippen LogP contribution is -2.69. The normalized spacial score (nSPS) is 30.0. The molecule has 6 N–H and O–H groups in total. The van der Waals surface area contributed by atoms with Gasteiger partial charge in [-0.2, -0.15) is 0 Å². The number of rotatable bonds is 3. The molecular formula is C18H27NO7. The highest BCUT2D eigenvalue weighted by Crippen LogP contribution is 2.52. The van der Waals surface area contributed by atoms with Crippen LogP contribution in [0.15, 0.2) is 12.1 Å². The molecule has 1 fully saturated rings. The maximum Gasteiger partial charge on any atom is 0.287 e. The minimum Gasteiger partial charge on any atom is -0.504 e. The molecule has 3 rings (SSSR count). The number of hydrogen-bond donors (Lipinski definition) is 6. The average Bonchev–Trinajstić information content (AvgIpc) is 2.54. The average molecular weight is 369 g/mol. The lowest BCUT2D eigenvalue weighted by molar-refractivity contribution is -0.439. The lowest BCUT2D eigenvalue weighted by atomic mass is 9.76. The van der Waals surface area contributed by atoms with E-state index in [4.69, 9.17) is 4.74 Å². The Bertz CT molecular complexity index is 688. The van der Waals surface area contributed by atoms with Crippen molar-refractivity contribution in [3.05, 3.63) is 23.3 Å². The van der Waals surface area contributed by atoms with Gasteiger partial charge in [-0.25, -0.2) is 4.90 Å². The van der Waals surface area contributed by atoms with Crippen LogP contribution in [0.5, 0.6) is 11.5 Å². The van der Waals surface area contributed by atoms with Crippen LogP contribution in [-0.2, 0) is 5.79 Å². The van der Waals surface area contributed by atoms with E-state index in [1.165, 1.54) is 18.1 Å². The highest BCUT2D eigenvalue weighted by Gasteiger charge is 2.62. The van der Waals surface area contributed by atoms with Crippen LogP contribution in [0.4, 0.5) is 0 Å². The zero-order chi connectivity index (χ0) is 19.4. The third kappa shape index (κ3) is 2.77. The Labute approximate surface area is 151 Å². The first kappa shape index (κ1) is 19.3. The maximum absolute atomic E-state index is 10.6. The fourth-order valence-corrected chi connectivity index (χ4v) is 4.23. The number of hydrogen-bond acceptors (Lipinski definition) is 8. The Morgan fingerprint density at radius 3 is 2.46 bits per heavy atom. The van der Waals surface area contributed by atoms with Gasteiger partial charge in [0.05, 0.1) is 13.2 Å². The third-order valence-corrected chi connectivity index (χ3v) is 5.54. The number of aliphatic hydroxyl groups is 5. The number of nitrogens with zero attached hydrogens (tertiary/aromatic N) is 1. The van der Waals surface area contributed by atoms with Crippen molar-refractivity contribution in [1.29, 1.82) is 0 Å². The number of piperidine rings is 1. The molecule has 26 heavy (non-hydrogen) atoms. The van der Waals surface area contributed by atoms with Gasteiger partial charge >= 0.3 is 0 Å². The summed E-state index contributed by atoms with van der Waals surface area (Å²) < 4.78 is 5.09. The van der Waals surface area contributed by atoms with E-state index in [2.05, 4.69) is 0 Å². The van der Waals surface area contributed by atoms with E-state index in [0.717, 1.165) is 6.07 Å².